The first kappa shape index (κ1) is 21.7. The SMILES string of the molecule is Cc1nc2c(Nc3ccc(C4CCOCC4)cc3P(C)C)cc(Cl)nc2n1PI. The van der Waals surface area contributed by atoms with Crippen LogP contribution >= 0.6 is 47.9 Å². The summed E-state index contributed by atoms with van der Waals surface area (Å²) < 4.78 is 7.64. The lowest BCUT2D eigenvalue weighted by atomic mass is 9.91. The van der Waals surface area contributed by atoms with Crippen LogP contribution in [0, 0.1) is 6.92 Å². The molecular formula is C20H24ClIN4OP2. The molecule has 4 rings (SSSR count). The molecule has 1 N–H and O–H groups in total. The highest BCUT2D eigenvalue weighted by Gasteiger charge is 2.19. The van der Waals surface area contributed by atoms with Crippen LogP contribution in [0.4, 0.5) is 11.4 Å². The van der Waals surface area contributed by atoms with Gasteiger partial charge in [0.05, 0.1) is 12.1 Å². The van der Waals surface area contributed by atoms with E-state index in [0.717, 1.165) is 54.4 Å². The van der Waals surface area contributed by atoms with E-state index in [4.69, 9.17) is 21.3 Å². The fraction of sp³-hybridized carbons (Fsp3) is 0.400. The highest BCUT2D eigenvalue weighted by Crippen LogP contribution is 2.37. The van der Waals surface area contributed by atoms with Crippen molar-refractivity contribution >= 4 is 75.8 Å². The van der Waals surface area contributed by atoms with E-state index < -0.39 is 0 Å². The molecule has 3 heterocycles. The predicted molar refractivity (Wildman–Crippen MR) is 136 cm³/mol. The van der Waals surface area contributed by atoms with E-state index in [0.29, 0.717) is 17.4 Å². The third kappa shape index (κ3) is 4.57. The summed E-state index contributed by atoms with van der Waals surface area (Å²) in [6.07, 6.45) is 2.74. The van der Waals surface area contributed by atoms with Gasteiger partial charge >= 0.3 is 0 Å². The van der Waals surface area contributed by atoms with Crippen LogP contribution in [0.2, 0.25) is 5.15 Å². The topological polar surface area (TPSA) is 52.0 Å². The van der Waals surface area contributed by atoms with Gasteiger partial charge in [0.2, 0.25) is 0 Å². The third-order valence-electron chi connectivity index (χ3n) is 5.30. The highest BCUT2D eigenvalue weighted by atomic mass is 127. The molecule has 1 aliphatic heterocycles. The quantitative estimate of drug-likeness (QED) is 0.230. The number of anilines is 2. The van der Waals surface area contributed by atoms with Gasteiger partial charge in [0.1, 0.15) is 16.5 Å². The largest absolute Gasteiger partial charge is 0.381 e. The van der Waals surface area contributed by atoms with E-state index in [1.165, 1.54) is 10.9 Å². The molecule has 0 saturated carbocycles. The van der Waals surface area contributed by atoms with Crippen molar-refractivity contribution < 1.29 is 4.74 Å². The number of nitrogens with zero attached hydrogens (tertiary/aromatic N) is 3. The lowest BCUT2D eigenvalue weighted by Gasteiger charge is -2.24. The Hall–Kier alpha value is -0.520. The summed E-state index contributed by atoms with van der Waals surface area (Å²) >= 11 is 8.71. The molecule has 0 amide bonds. The molecule has 29 heavy (non-hydrogen) atoms. The molecule has 1 aromatic carbocycles. The lowest BCUT2D eigenvalue weighted by Crippen LogP contribution is -2.16. The Labute approximate surface area is 192 Å². The van der Waals surface area contributed by atoms with Crippen LogP contribution in [0.25, 0.3) is 11.2 Å². The summed E-state index contributed by atoms with van der Waals surface area (Å²) in [6.45, 7) is 8.33. The molecule has 1 aliphatic rings. The van der Waals surface area contributed by atoms with Gasteiger partial charge < -0.3 is 10.1 Å². The van der Waals surface area contributed by atoms with Crippen molar-refractivity contribution in [2.45, 2.75) is 25.7 Å². The number of ether oxygens (including phenoxy) is 1. The maximum atomic E-state index is 6.36. The minimum absolute atomic E-state index is 0.273. The second kappa shape index (κ2) is 9.32. The van der Waals surface area contributed by atoms with E-state index >= 15 is 0 Å². The number of pyridine rings is 1. The van der Waals surface area contributed by atoms with Gasteiger partial charge in [-0.25, -0.2) is 9.97 Å². The van der Waals surface area contributed by atoms with Crippen LogP contribution in [0.3, 0.4) is 0 Å². The number of benzene rings is 1. The first-order valence-electron chi connectivity index (χ1n) is 9.56. The second-order valence-corrected chi connectivity index (χ2v) is 12.1. The van der Waals surface area contributed by atoms with Crippen molar-refractivity contribution in [3.8, 4) is 0 Å². The summed E-state index contributed by atoms with van der Waals surface area (Å²) in [5.41, 5.74) is 5.17. The number of nitrogens with one attached hydrogen (secondary N) is 1. The Bertz CT molecular complexity index is 1040. The normalized spacial score (nSPS) is 15.8. The van der Waals surface area contributed by atoms with E-state index in [1.807, 2.05) is 13.0 Å². The van der Waals surface area contributed by atoms with Gasteiger partial charge in [0, 0.05) is 25.0 Å². The molecule has 2 aromatic heterocycles. The van der Waals surface area contributed by atoms with Crippen molar-refractivity contribution in [3.05, 3.63) is 40.8 Å². The number of hydrogen-bond acceptors (Lipinski definition) is 4. The molecule has 1 unspecified atom stereocenters. The van der Waals surface area contributed by atoms with Crippen molar-refractivity contribution in [3.63, 3.8) is 0 Å². The van der Waals surface area contributed by atoms with E-state index in [-0.39, 0.29) is 7.92 Å². The zero-order valence-electron chi connectivity index (χ0n) is 16.7. The Kier molecular flexibility index (Phi) is 6.97. The summed E-state index contributed by atoms with van der Waals surface area (Å²) in [5.74, 6) is 1.55. The van der Waals surface area contributed by atoms with Crippen molar-refractivity contribution in [1.29, 1.82) is 0 Å². The molecule has 154 valence electrons. The summed E-state index contributed by atoms with van der Waals surface area (Å²) in [6, 6.07) is 8.74. The number of rotatable bonds is 5. The maximum Gasteiger partial charge on any atom is 0.167 e. The molecular weight excluding hydrogens is 537 g/mol. The average molecular weight is 561 g/mol. The standard InChI is InChI=1S/C20H24ClIN4OP2/c1-12-23-19-16(11-18(21)25-20(19)26(12)28-22)24-15-5-4-14(10-17(15)29(2)3)13-6-8-27-9-7-13/h4-5,10-11,13,28H,6-9H2,1-3H3,(H,24,25). The third-order valence-corrected chi connectivity index (χ3v) is 8.98. The van der Waals surface area contributed by atoms with E-state index in [9.17, 15) is 0 Å². The van der Waals surface area contributed by atoms with Gasteiger partial charge in [0.25, 0.3) is 0 Å². The van der Waals surface area contributed by atoms with Gasteiger partial charge in [-0.15, -0.1) is 0 Å². The summed E-state index contributed by atoms with van der Waals surface area (Å²) in [4.78, 5) is 9.28. The summed E-state index contributed by atoms with van der Waals surface area (Å²) in [5, 5.41) is 5.47. The number of hydrogen-bond donors (Lipinski definition) is 1. The lowest BCUT2D eigenvalue weighted by molar-refractivity contribution is 0.0853. The number of imidazole rings is 1. The number of aryl methyl sites for hydroxylation is 1. The van der Waals surface area contributed by atoms with Crippen LogP contribution in [0.1, 0.15) is 30.1 Å². The molecule has 5 nitrogen and oxygen atoms in total. The minimum atomic E-state index is -0.273. The molecule has 0 radical (unpaired) electrons. The van der Waals surface area contributed by atoms with Gasteiger partial charge in [-0.1, -0.05) is 25.6 Å². The fourth-order valence-corrected chi connectivity index (χ4v) is 7.13. The van der Waals surface area contributed by atoms with Crippen molar-refractivity contribution in [2.24, 2.45) is 0 Å². The van der Waals surface area contributed by atoms with E-state index in [2.05, 4.69) is 68.2 Å². The van der Waals surface area contributed by atoms with Gasteiger partial charge in [-0.2, -0.15) is 0 Å². The first-order chi connectivity index (χ1) is 14.0. The van der Waals surface area contributed by atoms with Gasteiger partial charge in [-0.3, -0.25) is 4.34 Å². The second-order valence-electron chi connectivity index (χ2n) is 7.43. The maximum absolute atomic E-state index is 6.36. The van der Waals surface area contributed by atoms with Gasteiger partial charge in [0.15, 0.2) is 5.65 Å². The fourth-order valence-electron chi connectivity index (χ4n) is 3.78. The molecule has 9 heteroatoms. The number of aromatic nitrogens is 3. The predicted octanol–water partition coefficient (Wildman–Crippen LogP) is 6.19. The van der Waals surface area contributed by atoms with Crippen molar-refractivity contribution in [2.75, 3.05) is 31.9 Å². The zero-order valence-corrected chi connectivity index (χ0v) is 21.5. The Morgan fingerprint density at radius 2 is 1.97 bits per heavy atom. The molecule has 1 saturated heterocycles. The van der Waals surface area contributed by atoms with Gasteiger partial charge in [-0.05, 0) is 84.1 Å². The zero-order chi connectivity index (χ0) is 20.5. The Morgan fingerprint density at radius 1 is 1.21 bits per heavy atom. The minimum Gasteiger partial charge on any atom is -0.381 e. The van der Waals surface area contributed by atoms with E-state index in [1.54, 1.807) is 0 Å². The highest BCUT2D eigenvalue weighted by molar-refractivity contribution is 14.2. The average Bonchev–Trinajstić information content (AvgIpc) is 3.03. The smallest absolute Gasteiger partial charge is 0.167 e. The number of fused-ring (bicyclic) bond motifs is 1. The first-order valence-corrected chi connectivity index (χ1v) is 16.2. The van der Waals surface area contributed by atoms with Crippen LogP contribution in [0.15, 0.2) is 24.3 Å². The molecule has 0 aliphatic carbocycles. The molecule has 0 spiro atoms. The summed E-state index contributed by atoms with van der Waals surface area (Å²) in [7, 11) is -0.273. The van der Waals surface area contributed by atoms with Crippen LogP contribution in [-0.4, -0.2) is 40.8 Å². The molecule has 0 bridgehead atoms. The molecule has 1 atom stereocenters. The van der Waals surface area contributed by atoms with Crippen LogP contribution in [-0.2, 0) is 4.74 Å². The Balaban J connectivity index is 1.74. The molecule has 1 fully saturated rings. The van der Waals surface area contributed by atoms with Crippen LogP contribution < -0.4 is 10.6 Å². The van der Waals surface area contributed by atoms with Crippen molar-refractivity contribution in [1.82, 2.24) is 14.3 Å². The monoisotopic (exact) mass is 560 g/mol. The molecule has 3 aromatic rings. The number of halogens is 2. The van der Waals surface area contributed by atoms with Crippen LogP contribution in [0.5, 0.6) is 0 Å². The Morgan fingerprint density at radius 3 is 2.66 bits per heavy atom.